The zero-order chi connectivity index (χ0) is 36.3. The van der Waals surface area contributed by atoms with E-state index in [0.29, 0.717) is 65.3 Å². The Bertz CT molecular complexity index is 1380. The fourth-order valence-electron chi connectivity index (χ4n) is 5.62. The lowest BCUT2D eigenvalue weighted by Gasteiger charge is -2.27. The first-order valence-electron chi connectivity index (χ1n) is 18.2. The van der Waals surface area contributed by atoms with Crippen LogP contribution in [0.3, 0.4) is 0 Å². The normalized spacial score (nSPS) is 13.5. The second-order valence-electron chi connectivity index (χ2n) is 12.4. The highest BCUT2D eigenvalue weighted by Gasteiger charge is 2.24. The Morgan fingerprint density at radius 2 is 0.654 bits per heavy atom. The molecule has 4 rings (SSSR count). The van der Waals surface area contributed by atoms with Gasteiger partial charge in [0.15, 0.2) is 0 Å². The van der Waals surface area contributed by atoms with Crippen LogP contribution >= 0.6 is 0 Å². The summed E-state index contributed by atoms with van der Waals surface area (Å²) in [6.45, 7) is 3.14. The molecule has 8 nitrogen and oxygen atoms in total. The monoisotopic (exact) mass is 710 g/mol. The lowest BCUT2D eigenvalue weighted by atomic mass is 10.1. The van der Waals surface area contributed by atoms with Crippen LogP contribution in [-0.2, 0) is 54.8 Å². The largest absolute Gasteiger partial charge is 0.396 e. The molecule has 2 N–H and O–H groups in total. The molecule has 4 aromatic rings. The molecule has 0 unspecified atom stereocenters. The lowest BCUT2D eigenvalue weighted by Crippen LogP contribution is -2.34. The molecule has 4 aromatic carbocycles. The number of benzene rings is 4. The Balaban J connectivity index is 1.22. The Kier molecular flexibility index (Phi) is 20.4. The van der Waals surface area contributed by atoms with Crippen molar-refractivity contribution >= 4 is 0 Å². The molecule has 278 valence electrons. The summed E-state index contributed by atoms with van der Waals surface area (Å²) in [5, 5.41) is 19.6. The minimum atomic E-state index is -0.293. The van der Waals surface area contributed by atoms with E-state index in [2.05, 4.69) is 11.8 Å². The van der Waals surface area contributed by atoms with E-state index in [0.717, 1.165) is 22.3 Å². The first kappa shape index (κ1) is 40.9. The first-order chi connectivity index (χ1) is 25.7. The second kappa shape index (κ2) is 26.0. The molecule has 0 aromatic heterocycles. The van der Waals surface area contributed by atoms with Gasteiger partial charge in [-0.2, -0.15) is 0 Å². The molecule has 0 fully saturated rings. The van der Waals surface area contributed by atoms with Crippen molar-refractivity contribution in [2.45, 2.75) is 76.5 Å². The van der Waals surface area contributed by atoms with Gasteiger partial charge in [-0.25, -0.2) is 0 Å². The minimum absolute atomic E-state index is 0.000310. The van der Waals surface area contributed by atoms with Crippen molar-refractivity contribution in [1.82, 2.24) is 0 Å². The van der Waals surface area contributed by atoms with Gasteiger partial charge in [-0.05, 0) is 47.9 Å². The molecule has 0 saturated carbocycles. The molecule has 4 atom stereocenters. The Hall–Kier alpha value is -3.88. The van der Waals surface area contributed by atoms with Gasteiger partial charge < -0.3 is 38.6 Å². The molecule has 0 aliphatic heterocycles. The van der Waals surface area contributed by atoms with E-state index < -0.39 is 0 Å². The zero-order valence-electron chi connectivity index (χ0n) is 30.1. The molecule has 0 aliphatic rings. The van der Waals surface area contributed by atoms with Crippen LogP contribution in [0.1, 0.15) is 47.9 Å². The molecule has 8 heteroatoms. The Labute approximate surface area is 309 Å². The third kappa shape index (κ3) is 16.6. The van der Waals surface area contributed by atoms with Crippen molar-refractivity contribution in [1.29, 1.82) is 0 Å². The topological polar surface area (TPSA) is 95.8 Å². The van der Waals surface area contributed by atoms with Gasteiger partial charge in [0.25, 0.3) is 0 Å². The summed E-state index contributed by atoms with van der Waals surface area (Å²) in [6.07, 6.45) is 0.984. The molecule has 52 heavy (non-hydrogen) atoms. The summed E-state index contributed by atoms with van der Waals surface area (Å²) in [7, 11) is 0. The molecule has 0 radical (unpaired) electrons. The van der Waals surface area contributed by atoms with E-state index in [-0.39, 0.29) is 50.8 Å². The first-order valence-corrected chi connectivity index (χ1v) is 18.2. The average molecular weight is 711 g/mol. The maximum Gasteiger partial charge on any atom is 0.107 e. The highest BCUT2D eigenvalue weighted by Crippen LogP contribution is 2.19. The zero-order valence-corrected chi connectivity index (χ0v) is 30.1. The van der Waals surface area contributed by atoms with Crippen LogP contribution in [0.4, 0.5) is 0 Å². The Morgan fingerprint density at radius 3 is 0.923 bits per heavy atom. The van der Waals surface area contributed by atoms with E-state index in [1.165, 1.54) is 0 Å². The number of ether oxygens (including phenoxy) is 6. The quantitative estimate of drug-likeness (QED) is 0.0537. The van der Waals surface area contributed by atoms with Crippen molar-refractivity contribution in [3.05, 3.63) is 144 Å². The van der Waals surface area contributed by atoms with Crippen LogP contribution < -0.4 is 0 Å². The van der Waals surface area contributed by atoms with E-state index in [1.54, 1.807) is 0 Å². The molecule has 0 saturated heterocycles. The van der Waals surface area contributed by atoms with Gasteiger partial charge in [0.1, 0.15) is 13.2 Å². The van der Waals surface area contributed by atoms with Crippen molar-refractivity contribution in [3.8, 4) is 11.8 Å². The fraction of sp³-hybridized carbons (Fsp3) is 0.409. The third-order valence-corrected chi connectivity index (χ3v) is 8.45. The SMILES string of the molecule is OCC[C@@H](OCc1ccccc1)[C@@H](CCOCC#CCOCC[C@@H](OCc1ccccc1)[C@@H](CCO)OCc1ccccc1)OCc1ccccc1. The number of hydrogen-bond acceptors (Lipinski definition) is 8. The average Bonchev–Trinajstić information content (AvgIpc) is 3.20. The van der Waals surface area contributed by atoms with Crippen LogP contribution in [0.2, 0.25) is 0 Å². The maximum absolute atomic E-state index is 9.80. The highest BCUT2D eigenvalue weighted by atomic mass is 16.5. The fourth-order valence-corrected chi connectivity index (χ4v) is 5.62. The minimum Gasteiger partial charge on any atom is -0.396 e. The van der Waals surface area contributed by atoms with E-state index in [4.69, 9.17) is 28.4 Å². The van der Waals surface area contributed by atoms with Crippen LogP contribution in [0.5, 0.6) is 0 Å². The summed E-state index contributed by atoms with van der Waals surface area (Å²) in [5.74, 6) is 6.07. The van der Waals surface area contributed by atoms with E-state index in [9.17, 15) is 10.2 Å². The smallest absolute Gasteiger partial charge is 0.107 e. The molecule has 0 aliphatic carbocycles. The molecule has 0 spiro atoms. The van der Waals surface area contributed by atoms with Crippen LogP contribution in [0, 0.1) is 11.8 Å². The molecular weight excluding hydrogens is 656 g/mol. The second-order valence-corrected chi connectivity index (χ2v) is 12.4. The van der Waals surface area contributed by atoms with Gasteiger partial charge in [0.2, 0.25) is 0 Å². The van der Waals surface area contributed by atoms with Gasteiger partial charge >= 0.3 is 0 Å². The van der Waals surface area contributed by atoms with Gasteiger partial charge in [-0.1, -0.05) is 133 Å². The van der Waals surface area contributed by atoms with Gasteiger partial charge in [0.05, 0.1) is 64.1 Å². The van der Waals surface area contributed by atoms with Crippen LogP contribution in [-0.4, -0.2) is 74.3 Å². The van der Waals surface area contributed by atoms with Crippen LogP contribution in [0.25, 0.3) is 0 Å². The van der Waals surface area contributed by atoms with Gasteiger partial charge in [0, 0.05) is 13.2 Å². The molecule has 0 bridgehead atoms. The number of hydrogen-bond donors (Lipinski definition) is 2. The van der Waals surface area contributed by atoms with Crippen LogP contribution in [0.15, 0.2) is 121 Å². The third-order valence-electron chi connectivity index (χ3n) is 8.45. The maximum atomic E-state index is 9.80. The molecule has 0 amide bonds. The summed E-state index contributed by atoms with van der Waals surface area (Å²) in [5.41, 5.74) is 4.28. The predicted molar refractivity (Wildman–Crippen MR) is 202 cm³/mol. The standard InChI is InChI=1S/C44H54O8/c45-27-23-41(49-33-37-15-5-1-6-16-37)43(51-35-39-19-9-3-10-20-39)25-31-47-29-13-14-30-48-32-26-44(52-36-40-21-11-4-12-22-40)42(24-28-46)50-34-38-17-7-2-8-18-38/h1-12,15-22,41-46H,23-36H2/t41-,42-,43-,44-/m1/s1. The molecular formula is C44H54O8. The predicted octanol–water partition coefficient (Wildman–Crippen LogP) is 6.91. The summed E-state index contributed by atoms with van der Waals surface area (Å²) in [6, 6.07) is 40.0. The highest BCUT2D eigenvalue weighted by molar-refractivity contribution is 5.16. The summed E-state index contributed by atoms with van der Waals surface area (Å²) >= 11 is 0. The summed E-state index contributed by atoms with van der Waals surface area (Å²) in [4.78, 5) is 0. The van der Waals surface area contributed by atoms with Crippen molar-refractivity contribution in [2.75, 3.05) is 39.6 Å². The summed E-state index contributed by atoms with van der Waals surface area (Å²) < 4.78 is 36.9. The lowest BCUT2D eigenvalue weighted by molar-refractivity contribution is -0.101. The van der Waals surface area contributed by atoms with Crippen molar-refractivity contribution in [3.63, 3.8) is 0 Å². The van der Waals surface area contributed by atoms with E-state index in [1.807, 2.05) is 121 Å². The number of aliphatic hydroxyl groups excluding tert-OH is 2. The molecule has 0 heterocycles. The van der Waals surface area contributed by atoms with Gasteiger partial charge in [-0.15, -0.1) is 0 Å². The van der Waals surface area contributed by atoms with Crippen molar-refractivity contribution < 1.29 is 38.6 Å². The number of aliphatic hydroxyl groups is 2. The van der Waals surface area contributed by atoms with Crippen molar-refractivity contribution in [2.24, 2.45) is 0 Å². The van der Waals surface area contributed by atoms with E-state index >= 15 is 0 Å². The Morgan fingerprint density at radius 1 is 0.385 bits per heavy atom. The van der Waals surface area contributed by atoms with Gasteiger partial charge in [-0.3, -0.25) is 0 Å². The number of rotatable bonds is 26.